The summed E-state index contributed by atoms with van der Waals surface area (Å²) in [6.07, 6.45) is 5.57. The van der Waals surface area contributed by atoms with Gasteiger partial charge in [0.25, 0.3) is 5.91 Å². The van der Waals surface area contributed by atoms with Crippen LogP contribution in [0.1, 0.15) is 22.8 Å². The molecule has 0 unspecified atom stereocenters. The third-order valence-electron chi connectivity index (χ3n) is 3.85. The molecule has 2 aromatic heterocycles. The fourth-order valence-corrected chi connectivity index (χ4v) is 3.76. The average molecular weight is 415 g/mol. The molecule has 1 aromatic carbocycles. The molecule has 0 aliphatic rings. The number of benzene rings is 1. The van der Waals surface area contributed by atoms with E-state index in [1.807, 2.05) is 31.2 Å². The fraction of sp³-hybridized carbons (Fsp3) is 0.0476. The number of hydrogen-bond acceptors (Lipinski definition) is 4. The zero-order chi connectivity index (χ0) is 20.1. The zero-order valence-corrected chi connectivity index (χ0v) is 16.5. The molecule has 1 N–H and O–H groups in total. The van der Waals surface area contributed by atoms with Crippen LogP contribution in [0.2, 0.25) is 5.02 Å². The summed E-state index contributed by atoms with van der Waals surface area (Å²) in [5.41, 5.74) is 1.58. The third kappa shape index (κ3) is 4.30. The average Bonchev–Trinajstić information content (AvgIpc) is 3.15. The molecule has 0 aliphatic carbocycles. The van der Waals surface area contributed by atoms with Crippen molar-refractivity contribution in [3.05, 3.63) is 89.7 Å². The van der Waals surface area contributed by atoms with Gasteiger partial charge in [0.15, 0.2) is 5.82 Å². The summed E-state index contributed by atoms with van der Waals surface area (Å²) in [5.74, 6) is -0.552. The SMILES string of the molecule is C=CO/C(=C\C)c1ccc(Cl)c(-c2ccc(NC(=O)c3ccncc3F)s2)c1. The van der Waals surface area contributed by atoms with E-state index in [9.17, 15) is 9.18 Å². The molecule has 7 heteroatoms. The molecule has 28 heavy (non-hydrogen) atoms. The molecule has 0 atom stereocenters. The van der Waals surface area contributed by atoms with Gasteiger partial charge in [0.1, 0.15) is 5.76 Å². The predicted octanol–water partition coefficient (Wildman–Crippen LogP) is 6.38. The summed E-state index contributed by atoms with van der Waals surface area (Å²) in [6.45, 7) is 5.44. The van der Waals surface area contributed by atoms with E-state index in [1.54, 1.807) is 12.1 Å². The molecule has 0 saturated carbocycles. The Labute approximate surface area is 171 Å². The second-order valence-corrected chi connectivity index (χ2v) is 7.10. The van der Waals surface area contributed by atoms with Crippen molar-refractivity contribution in [3.8, 4) is 10.4 Å². The highest BCUT2D eigenvalue weighted by molar-refractivity contribution is 7.19. The van der Waals surface area contributed by atoms with Gasteiger partial charge in [-0.2, -0.15) is 0 Å². The van der Waals surface area contributed by atoms with Crippen LogP contribution in [0.25, 0.3) is 16.2 Å². The second kappa shape index (κ2) is 8.82. The Morgan fingerprint density at radius 3 is 2.86 bits per heavy atom. The minimum atomic E-state index is -0.673. The zero-order valence-electron chi connectivity index (χ0n) is 14.9. The Hall–Kier alpha value is -2.96. The van der Waals surface area contributed by atoms with Crippen molar-refractivity contribution in [3.63, 3.8) is 0 Å². The predicted molar refractivity (Wildman–Crippen MR) is 112 cm³/mol. The molecule has 0 spiro atoms. The standard InChI is InChI=1S/C21H16ClFN2O2S/c1-3-18(27-4-2)13-5-6-16(22)15(11-13)19-7-8-20(28-19)25-21(26)14-9-10-24-12-17(14)23/h3-12H,2H2,1H3,(H,25,26)/b18-3-. The Morgan fingerprint density at radius 2 is 2.14 bits per heavy atom. The first-order valence-corrected chi connectivity index (χ1v) is 9.47. The van der Waals surface area contributed by atoms with Gasteiger partial charge in [0, 0.05) is 27.2 Å². The fourth-order valence-electron chi connectivity index (χ4n) is 2.55. The van der Waals surface area contributed by atoms with Crippen LogP contribution in [0.15, 0.2) is 67.7 Å². The number of halogens is 2. The van der Waals surface area contributed by atoms with Crippen LogP contribution in [-0.4, -0.2) is 10.9 Å². The number of pyridine rings is 1. The normalized spacial score (nSPS) is 11.2. The van der Waals surface area contributed by atoms with Gasteiger partial charge >= 0.3 is 0 Å². The maximum absolute atomic E-state index is 13.7. The number of aromatic nitrogens is 1. The summed E-state index contributed by atoms with van der Waals surface area (Å²) in [7, 11) is 0. The van der Waals surface area contributed by atoms with Crippen molar-refractivity contribution in [1.29, 1.82) is 0 Å². The van der Waals surface area contributed by atoms with Crippen molar-refractivity contribution in [1.82, 2.24) is 4.98 Å². The lowest BCUT2D eigenvalue weighted by Crippen LogP contribution is -2.12. The lowest BCUT2D eigenvalue weighted by Gasteiger charge is -2.09. The van der Waals surface area contributed by atoms with Crippen LogP contribution in [0.5, 0.6) is 0 Å². The largest absolute Gasteiger partial charge is 0.465 e. The maximum Gasteiger partial charge on any atom is 0.259 e. The topological polar surface area (TPSA) is 51.2 Å². The molecule has 142 valence electrons. The van der Waals surface area contributed by atoms with Crippen LogP contribution in [-0.2, 0) is 4.74 Å². The van der Waals surface area contributed by atoms with E-state index in [0.29, 0.717) is 15.8 Å². The number of amides is 1. The van der Waals surface area contributed by atoms with E-state index in [2.05, 4.69) is 16.9 Å². The van der Waals surface area contributed by atoms with Crippen LogP contribution < -0.4 is 5.32 Å². The van der Waals surface area contributed by atoms with Crippen LogP contribution >= 0.6 is 22.9 Å². The van der Waals surface area contributed by atoms with Crippen LogP contribution in [0.3, 0.4) is 0 Å². The highest BCUT2D eigenvalue weighted by Gasteiger charge is 2.14. The number of rotatable bonds is 6. The number of carbonyl (C=O) groups is 1. The third-order valence-corrected chi connectivity index (χ3v) is 5.21. The molecule has 0 radical (unpaired) electrons. The number of ether oxygens (including phenoxy) is 1. The summed E-state index contributed by atoms with van der Waals surface area (Å²) in [5, 5.41) is 3.84. The first kappa shape index (κ1) is 19.8. The highest BCUT2D eigenvalue weighted by atomic mass is 35.5. The van der Waals surface area contributed by atoms with Gasteiger partial charge in [0.2, 0.25) is 0 Å². The molecule has 0 saturated heterocycles. The minimum absolute atomic E-state index is 0.0655. The number of thiophene rings is 1. The molecule has 3 rings (SSSR count). The monoisotopic (exact) mass is 414 g/mol. The summed E-state index contributed by atoms with van der Waals surface area (Å²) >= 11 is 7.71. The maximum atomic E-state index is 13.7. The van der Waals surface area contributed by atoms with Gasteiger partial charge in [-0.05, 0) is 49.4 Å². The van der Waals surface area contributed by atoms with E-state index in [4.69, 9.17) is 16.3 Å². The Morgan fingerprint density at radius 1 is 1.32 bits per heavy atom. The van der Waals surface area contributed by atoms with E-state index >= 15 is 0 Å². The second-order valence-electron chi connectivity index (χ2n) is 5.61. The van der Waals surface area contributed by atoms with Crippen LogP contribution in [0.4, 0.5) is 9.39 Å². The van der Waals surface area contributed by atoms with Gasteiger partial charge in [-0.3, -0.25) is 9.78 Å². The number of carbonyl (C=O) groups excluding carboxylic acids is 1. The van der Waals surface area contributed by atoms with Crippen molar-refractivity contribution in [2.24, 2.45) is 0 Å². The highest BCUT2D eigenvalue weighted by Crippen LogP contribution is 2.37. The van der Waals surface area contributed by atoms with E-state index in [1.165, 1.54) is 29.9 Å². The van der Waals surface area contributed by atoms with Crippen LogP contribution in [0, 0.1) is 5.82 Å². The lowest BCUT2D eigenvalue weighted by molar-refractivity contribution is 0.102. The molecular weight excluding hydrogens is 399 g/mol. The molecule has 0 aliphatic heterocycles. The Balaban J connectivity index is 1.87. The van der Waals surface area contributed by atoms with Crippen molar-refractivity contribution in [2.75, 3.05) is 5.32 Å². The molecular formula is C21H16ClFN2O2S. The molecule has 1 amide bonds. The number of hydrogen-bond donors (Lipinski definition) is 1. The summed E-state index contributed by atoms with van der Waals surface area (Å²) in [4.78, 5) is 16.8. The molecule has 4 nitrogen and oxygen atoms in total. The summed E-state index contributed by atoms with van der Waals surface area (Å²) < 4.78 is 19.1. The Kier molecular flexibility index (Phi) is 6.23. The molecule has 3 aromatic rings. The van der Waals surface area contributed by atoms with Crippen molar-refractivity contribution >= 4 is 39.6 Å². The molecule has 0 bridgehead atoms. The molecule has 2 heterocycles. The van der Waals surface area contributed by atoms with E-state index in [0.717, 1.165) is 22.2 Å². The van der Waals surface area contributed by atoms with Crippen molar-refractivity contribution in [2.45, 2.75) is 6.92 Å². The van der Waals surface area contributed by atoms with E-state index in [-0.39, 0.29) is 5.56 Å². The van der Waals surface area contributed by atoms with Gasteiger partial charge in [-0.1, -0.05) is 18.2 Å². The minimum Gasteiger partial charge on any atom is -0.465 e. The van der Waals surface area contributed by atoms with Gasteiger partial charge in [0.05, 0.1) is 23.0 Å². The van der Waals surface area contributed by atoms with E-state index < -0.39 is 11.7 Å². The number of anilines is 1. The van der Waals surface area contributed by atoms with Gasteiger partial charge in [-0.25, -0.2) is 4.39 Å². The first-order valence-electron chi connectivity index (χ1n) is 8.28. The summed E-state index contributed by atoms with van der Waals surface area (Å²) in [6, 6.07) is 10.5. The quantitative estimate of drug-likeness (QED) is 0.476. The Bertz CT molecular complexity index is 1060. The molecule has 0 fully saturated rings. The lowest BCUT2D eigenvalue weighted by atomic mass is 10.1. The number of allylic oxidation sites excluding steroid dienone is 1. The number of nitrogens with zero attached hydrogens (tertiary/aromatic N) is 1. The van der Waals surface area contributed by atoms with Crippen molar-refractivity contribution < 1.29 is 13.9 Å². The first-order chi connectivity index (χ1) is 13.5. The number of nitrogens with one attached hydrogen (secondary N) is 1. The van der Waals surface area contributed by atoms with Gasteiger partial charge in [-0.15, -0.1) is 11.3 Å². The smallest absolute Gasteiger partial charge is 0.259 e. The van der Waals surface area contributed by atoms with Gasteiger partial charge < -0.3 is 10.1 Å².